The van der Waals surface area contributed by atoms with Gasteiger partial charge in [-0.3, -0.25) is 4.98 Å². The largest absolute Gasteiger partial charge is 0.497 e. The normalized spacial score (nSPS) is 14.5. The number of methoxy groups -OCH3 is 2. The smallest absolute Gasteiger partial charge is 0.408 e. The number of nitrogens with zero attached hydrogens (tertiary/aromatic N) is 1. The van der Waals surface area contributed by atoms with Crippen molar-refractivity contribution in [1.29, 1.82) is 0 Å². The van der Waals surface area contributed by atoms with Crippen LogP contribution in [0.2, 0.25) is 0 Å². The molecule has 3 aromatic carbocycles. The van der Waals surface area contributed by atoms with Crippen molar-refractivity contribution in [2.45, 2.75) is 38.3 Å². The highest BCUT2D eigenvalue weighted by Gasteiger charge is 2.45. The molecular formula is C33H31FN2O6. The summed E-state index contributed by atoms with van der Waals surface area (Å²) in [5.74, 6) is 1.88. The highest BCUT2D eigenvalue weighted by Crippen LogP contribution is 2.41. The van der Waals surface area contributed by atoms with Gasteiger partial charge >= 0.3 is 6.09 Å². The number of pyridine rings is 1. The van der Waals surface area contributed by atoms with Crippen molar-refractivity contribution in [2.24, 2.45) is 0 Å². The Labute approximate surface area is 243 Å². The molecule has 6 rings (SSSR count). The fraction of sp³-hybridized carbons (Fsp3) is 0.273. The molecule has 2 aliphatic rings. The Bertz CT molecular complexity index is 1680. The molecule has 42 heavy (non-hydrogen) atoms. The third-order valence-electron chi connectivity index (χ3n) is 7.56. The Kier molecular flexibility index (Phi) is 7.33. The molecule has 0 spiro atoms. The number of ether oxygens (including phenoxy) is 5. The zero-order valence-electron chi connectivity index (χ0n) is 23.7. The Balaban J connectivity index is 1.13. The average molecular weight is 571 g/mol. The monoisotopic (exact) mass is 570 g/mol. The number of alkyl carbamates (subject to hydrolysis) is 1. The predicted octanol–water partition coefficient (Wildman–Crippen LogP) is 6.98. The Morgan fingerprint density at radius 3 is 2.52 bits per heavy atom. The Morgan fingerprint density at radius 1 is 0.976 bits per heavy atom. The fourth-order valence-electron chi connectivity index (χ4n) is 5.00. The molecule has 1 fully saturated rings. The van der Waals surface area contributed by atoms with Crippen molar-refractivity contribution in [1.82, 2.24) is 10.3 Å². The molecule has 1 saturated carbocycles. The van der Waals surface area contributed by atoms with Crippen LogP contribution in [0.4, 0.5) is 9.18 Å². The summed E-state index contributed by atoms with van der Waals surface area (Å²) in [6.07, 6.45) is 5.22. The molecule has 0 saturated heterocycles. The third kappa shape index (κ3) is 5.68. The molecule has 216 valence electrons. The quantitative estimate of drug-likeness (QED) is 0.220. The van der Waals surface area contributed by atoms with Gasteiger partial charge in [0, 0.05) is 23.2 Å². The van der Waals surface area contributed by atoms with Crippen LogP contribution < -0.4 is 24.3 Å². The summed E-state index contributed by atoms with van der Waals surface area (Å²) >= 11 is 0. The summed E-state index contributed by atoms with van der Waals surface area (Å²) in [5.41, 5.74) is 3.57. The van der Waals surface area contributed by atoms with Gasteiger partial charge in [-0.15, -0.1) is 0 Å². The molecule has 1 heterocycles. The van der Waals surface area contributed by atoms with Crippen LogP contribution in [0.3, 0.4) is 0 Å². The molecule has 0 bridgehead atoms. The van der Waals surface area contributed by atoms with Crippen molar-refractivity contribution < 1.29 is 32.9 Å². The van der Waals surface area contributed by atoms with Gasteiger partial charge in [-0.05, 0) is 67.6 Å². The van der Waals surface area contributed by atoms with Crippen molar-refractivity contribution in [2.75, 3.05) is 20.8 Å². The van der Waals surface area contributed by atoms with Gasteiger partial charge in [0.1, 0.15) is 24.7 Å². The SMILES string of the molecule is COc1ccc(COC(=O)NC2(COc3cc4nccc(Oc5ccc6c(c5F)C=C(C)C6)c4cc3OC)CC2)cc1. The van der Waals surface area contributed by atoms with Gasteiger partial charge in [-0.1, -0.05) is 29.8 Å². The highest BCUT2D eigenvalue weighted by atomic mass is 19.1. The average Bonchev–Trinajstić information content (AvgIpc) is 3.65. The molecule has 2 aliphatic carbocycles. The minimum Gasteiger partial charge on any atom is -0.497 e. The maximum Gasteiger partial charge on any atom is 0.408 e. The van der Waals surface area contributed by atoms with E-state index in [1.54, 1.807) is 44.7 Å². The topological polar surface area (TPSA) is 88.1 Å². The maximum absolute atomic E-state index is 15.2. The summed E-state index contributed by atoms with van der Waals surface area (Å²) in [4.78, 5) is 17.0. The van der Waals surface area contributed by atoms with Crippen molar-refractivity contribution in [3.63, 3.8) is 0 Å². The Hall–Kier alpha value is -4.79. The molecule has 8 nitrogen and oxygen atoms in total. The fourth-order valence-corrected chi connectivity index (χ4v) is 5.00. The highest BCUT2D eigenvalue weighted by molar-refractivity contribution is 5.88. The van der Waals surface area contributed by atoms with Gasteiger partial charge in [0.25, 0.3) is 0 Å². The number of hydrogen-bond donors (Lipinski definition) is 1. The molecule has 1 aromatic heterocycles. The lowest BCUT2D eigenvalue weighted by molar-refractivity contribution is 0.128. The molecule has 1 N–H and O–H groups in total. The summed E-state index contributed by atoms with van der Waals surface area (Å²) in [5, 5.41) is 3.59. The van der Waals surface area contributed by atoms with E-state index in [2.05, 4.69) is 10.3 Å². The number of aromatic nitrogens is 1. The zero-order valence-corrected chi connectivity index (χ0v) is 23.7. The van der Waals surface area contributed by atoms with Crippen LogP contribution >= 0.6 is 0 Å². The second kappa shape index (κ2) is 11.2. The lowest BCUT2D eigenvalue weighted by atomic mass is 10.1. The van der Waals surface area contributed by atoms with E-state index < -0.39 is 11.6 Å². The second-order valence-electron chi connectivity index (χ2n) is 10.7. The Morgan fingerprint density at radius 2 is 1.79 bits per heavy atom. The molecule has 4 aromatic rings. The van der Waals surface area contributed by atoms with Crippen molar-refractivity contribution in [3.05, 3.63) is 88.9 Å². The van der Waals surface area contributed by atoms with E-state index in [1.807, 2.05) is 43.3 Å². The van der Waals surface area contributed by atoms with Crippen molar-refractivity contribution >= 4 is 23.1 Å². The van der Waals surface area contributed by atoms with E-state index in [0.717, 1.165) is 41.7 Å². The maximum atomic E-state index is 15.2. The van der Waals surface area contributed by atoms with Crippen LogP contribution in [0.1, 0.15) is 36.5 Å². The van der Waals surface area contributed by atoms with Crippen molar-refractivity contribution in [3.8, 4) is 28.7 Å². The molecule has 0 radical (unpaired) electrons. The van der Waals surface area contributed by atoms with Gasteiger partial charge in [-0.25, -0.2) is 9.18 Å². The summed E-state index contributed by atoms with van der Waals surface area (Å²) < 4.78 is 43.6. The predicted molar refractivity (Wildman–Crippen MR) is 156 cm³/mol. The standard InChI is InChI=1S/C33H31FN2O6/c1-20-14-22-6-9-28(31(34)24(22)15-20)42-27-10-13-35-26-17-30(29(39-3)16-25(26)27)41-19-33(11-12-33)36-32(37)40-18-21-4-7-23(38-2)8-5-21/h4-10,13,15-17H,11-12,14,18-19H2,1-3H3,(H,36,37). The van der Waals surface area contributed by atoms with Crippen LogP contribution in [0.5, 0.6) is 28.7 Å². The number of hydrogen-bond acceptors (Lipinski definition) is 7. The number of allylic oxidation sites excluding steroid dienone is 1. The van der Waals surface area contributed by atoms with Gasteiger partial charge in [-0.2, -0.15) is 0 Å². The summed E-state index contributed by atoms with van der Waals surface area (Å²) in [6, 6.07) is 16.1. The number of benzene rings is 3. The minimum absolute atomic E-state index is 0.145. The van der Waals surface area contributed by atoms with Crippen LogP contribution in [0, 0.1) is 5.82 Å². The van der Waals surface area contributed by atoms with E-state index >= 15 is 4.39 Å². The zero-order chi connectivity index (χ0) is 29.3. The van der Waals surface area contributed by atoms with E-state index in [4.69, 9.17) is 23.7 Å². The van der Waals surface area contributed by atoms with Gasteiger partial charge < -0.3 is 29.0 Å². The number of carbonyl (C=O) groups excluding carboxylic acids is 1. The number of nitrogens with one attached hydrogen (secondary N) is 1. The number of halogens is 1. The molecule has 0 unspecified atom stereocenters. The summed E-state index contributed by atoms with van der Waals surface area (Å²) in [6.45, 7) is 2.36. The minimum atomic E-state index is -0.521. The first-order valence-electron chi connectivity index (χ1n) is 13.7. The van der Waals surface area contributed by atoms with Gasteiger partial charge in [0.15, 0.2) is 23.1 Å². The molecule has 0 aliphatic heterocycles. The number of amides is 1. The number of fused-ring (bicyclic) bond motifs is 2. The van der Waals surface area contributed by atoms with Crippen LogP contribution in [0.25, 0.3) is 17.0 Å². The first-order chi connectivity index (χ1) is 20.4. The summed E-state index contributed by atoms with van der Waals surface area (Å²) in [7, 11) is 3.14. The van der Waals surface area contributed by atoms with Gasteiger partial charge in [0.2, 0.25) is 0 Å². The van der Waals surface area contributed by atoms with E-state index in [1.165, 1.54) is 0 Å². The van der Waals surface area contributed by atoms with Gasteiger partial charge in [0.05, 0.1) is 25.3 Å². The van der Waals surface area contributed by atoms with E-state index in [-0.39, 0.29) is 24.8 Å². The lowest BCUT2D eigenvalue weighted by Crippen LogP contribution is -2.41. The molecule has 0 atom stereocenters. The molecular weight excluding hydrogens is 539 g/mol. The molecule has 1 amide bonds. The van der Waals surface area contributed by atoms with Crippen LogP contribution in [-0.4, -0.2) is 37.4 Å². The van der Waals surface area contributed by atoms with E-state index in [0.29, 0.717) is 33.7 Å². The second-order valence-corrected chi connectivity index (χ2v) is 10.7. The third-order valence-corrected chi connectivity index (χ3v) is 7.56. The van der Waals surface area contributed by atoms with Crippen LogP contribution in [0.15, 0.2) is 66.4 Å². The van der Waals surface area contributed by atoms with E-state index in [9.17, 15) is 4.79 Å². The molecule has 9 heteroatoms. The number of rotatable bonds is 10. The number of carbonyl (C=O) groups is 1. The first kappa shape index (κ1) is 27.4. The first-order valence-corrected chi connectivity index (χ1v) is 13.7. The lowest BCUT2D eigenvalue weighted by Gasteiger charge is -2.20. The van der Waals surface area contributed by atoms with Crippen LogP contribution in [-0.2, 0) is 17.8 Å².